The molecule has 1 aromatic rings. The number of hydrogen-bond donors (Lipinski definition) is 0. The maximum absolute atomic E-state index is 11.5. The lowest BCUT2D eigenvalue weighted by Gasteiger charge is -2.17. The Labute approximate surface area is 82.4 Å². The lowest BCUT2D eigenvalue weighted by molar-refractivity contribution is -0.125. The van der Waals surface area contributed by atoms with Gasteiger partial charge in [0.1, 0.15) is 5.76 Å². The Morgan fingerprint density at radius 2 is 2.21 bits per heavy atom. The Morgan fingerprint density at radius 3 is 2.71 bits per heavy atom. The van der Waals surface area contributed by atoms with E-state index in [1.54, 1.807) is 26.2 Å². The Balaban J connectivity index is 2.33. The van der Waals surface area contributed by atoms with Gasteiger partial charge in [0.05, 0.1) is 0 Å². The molecule has 0 atom stereocenters. The van der Waals surface area contributed by atoms with Crippen LogP contribution in [0.25, 0.3) is 5.76 Å². The van der Waals surface area contributed by atoms with E-state index in [1.807, 2.05) is 12.1 Å². The number of rotatable bonds is 1. The minimum absolute atomic E-state index is 0.00338. The first kappa shape index (κ1) is 8.94. The SMILES string of the molecule is CC1(C)OC(c2cccnc2)=CC1=O. The monoisotopic (exact) mass is 189 g/mol. The van der Waals surface area contributed by atoms with Crippen molar-refractivity contribution < 1.29 is 9.53 Å². The predicted molar refractivity (Wildman–Crippen MR) is 52.4 cm³/mol. The predicted octanol–water partition coefficient (Wildman–Crippen LogP) is 1.80. The van der Waals surface area contributed by atoms with E-state index in [-0.39, 0.29) is 5.78 Å². The smallest absolute Gasteiger partial charge is 0.202 e. The molecular formula is C11H11NO2. The first-order valence-corrected chi connectivity index (χ1v) is 4.45. The summed E-state index contributed by atoms with van der Waals surface area (Å²) in [5, 5.41) is 0. The molecule has 0 fully saturated rings. The van der Waals surface area contributed by atoms with Crippen LogP contribution < -0.4 is 0 Å². The van der Waals surface area contributed by atoms with Crippen molar-refractivity contribution in [1.82, 2.24) is 4.98 Å². The summed E-state index contributed by atoms with van der Waals surface area (Å²) in [5.41, 5.74) is 0.108. The van der Waals surface area contributed by atoms with E-state index in [4.69, 9.17) is 4.74 Å². The first-order valence-electron chi connectivity index (χ1n) is 4.45. The number of hydrogen-bond acceptors (Lipinski definition) is 3. The lowest BCUT2D eigenvalue weighted by Crippen LogP contribution is -2.27. The van der Waals surface area contributed by atoms with Gasteiger partial charge in [0.2, 0.25) is 5.78 Å². The van der Waals surface area contributed by atoms with Gasteiger partial charge in [-0.1, -0.05) is 0 Å². The Hall–Kier alpha value is -1.64. The molecule has 2 rings (SSSR count). The van der Waals surface area contributed by atoms with Crippen LogP contribution in [0.1, 0.15) is 19.4 Å². The van der Waals surface area contributed by atoms with E-state index >= 15 is 0 Å². The molecule has 2 heterocycles. The number of carbonyl (C=O) groups excluding carboxylic acids is 1. The largest absolute Gasteiger partial charge is 0.479 e. The molecule has 0 bridgehead atoms. The number of ketones is 1. The van der Waals surface area contributed by atoms with Crippen LogP contribution in [0.5, 0.6) is 0 Å². The molecule has 0 radical (unpaired) electrons. The van der Waals surface area contributed by atoms with E-state index < -0.39 is 5.60 Å². The second kappa shape index (κ2) is 2.94. The fourth-order valence-electron chi connectivity index (χ4n) is 1.30. The van der Waals surface area contributed by atoms with Gasteiger partial charge in [0, 0.05) is 24.0 Å². The topological polar surface area (TPSA) is 39.2 Å². The van der Waals surface area contributed by atoms with Crippen molar-refractivity contribution in [3.05, 3.63) is 36.2 Å². The maximum atomic E-state index is 11.5. The van der Waals surface area contributed by atoms with Crippen LogP contribution in [0.2, 0.25) is 0 Å². The summed E-state index contributed by atoms with van der Waals surface area (Å²) >= 11 is 0. The average Bonchev–Trinajstić information content (AvgIpc) is 2.43. The minimum Gasteiger partial charge on any atom is -0.479 e. The summed E-state index contributed by atoms with van der Waals surface area (Å²) in [5.74, 6) is 0.601. The third-order valence-corrected chi connectivity index (χ3v) is 2.17. The van der Waals surface area contributed by atoms with Crippen LogP contribution in [-0.4, -0.2) is 16.4 Å². The van der Waals surface area contributed by atoms with Crippen molar-refractivity contribution in [2.24, 2.45) is 0 Å². The van der Waals surface area contributed by atoms with Gasteiger partial charge in [-0.3, -0.25) is 9.78 Å². The zero-order chi connectivity index (χ0) is 10.2. The number of ether oxygens (including phenoxy) is 1. The summed E-state index contributed by atoms with van der Waals surface area (Å²) in [6, 6.07) is 3.68. The number of nitrogens with zero attached hydrogens (tertiary/aromatic N) is 1. The molecule has 1 aliphatic rings. The minimum atomic E-state index is -0.731. The highest BCUT2D eigenvalue weighted by Crippen LogP contribution is 2.30. The molecule has 0 unspecified atom stereocenters. The second-order valence-electron chi connectivity index (χ2n) is 3.73. The highest BCUT2D eigenvalue weighted by Gasteiger charge is 2.35. The third-order valence-electron chi connectivity index (χ3n) is 2.17. The molecule has 72 valence electrons. The van der Waals surface area contributed by atoms with Crippen LogP contribution in [-0.2, 0) is 9.53 Å². The lowest BCUT2D eigenvalue weighted by atomic mass is 10.1. The molecule has 0 saturated carbocycles. The zero-order valence-electron chi connectivity index (χ0n) is 8.15. The molecule has 0 aromatic carbocycles. The van der Waals surface area contributed by atoms with Crippen molar-refractivity contribution >= 4 is 11.5 Å². The number of carbonyl (C=O) groups is 1. The molecule has 0 spiro atoms. The van der Waals surface area contributed by atoms with Crippen molar-refractivity contribution in [2.45, 2.75) is 19.4 Å². The number of pyridine rings is 1. The number of aromatic nitrogens is 1. The zero-order valence-corrected chi connectivity index (χ0v) is 8.15. The van der Waals surface area contributed by atoms with Gasteiger partial charge in [-0.2, -0.15) is 0 Å². The summed E-state index contributed by atoms with van der Waals surface area (Å²) in [6.45, 7) is 3.52. The molecular weight excluding hydrogens is 178 g/mol. The quantitative estimate of drug-likeness (QED) is 0.676. The first-order chi connectivity index (χ1) is 6.59. The van der Waals surface area contributed by atoms with Gasteiger partial charge in [0.25, 0.3) is 0 Å². The van der Waals surface area contributed by atoms with Crippen molar-refractivity contribution in [1.29, 1.82) is 0 Å². The Morgan fingerprint density at radius 1 is 1.43 bits per heavy atom. The standard InChI is InChI=1S/C11H11NO2/c1-11(2)10(13)6-9(14-11)8-4-3-5-12-7-8/h3-7H,1-2H3. The second-order valence-corrected chi connectivity index (χ2v) is 3.73. The van der Waals surface area contributed by atoms with Crippen LogP contribution in [0.3, 0.4) is 0 Å². The fourth-order valence-corrected chi connectivity index (χ4v) is 1.30. The van der Waals surface area contributed by atoms with Crippen LogP contribution in [0, 0.1) is 0 Å². The third kappa shape index (κ3) is 1.41. The van der Waals surface area contributed by atoms with Crippen molar-refractivity contribution in [3.8, 4) is 0 Å². The van der Waals surface area contributed by atoms with Crippen molar-refractivity contribution in [2.75, 3.05) is 0 Å². The molecule has 3 heteroatoms. The Kier molecular flexibility index (Phi) is 1.88. The molecule has 1 aromatic heterocycles. The van der Waals surface area contributed by atoms with E-state index in [2.05, 4.69) is 4.98 Å². The van der Waals surface area contributed by atoms with Gasteiger partial charge < -0.3 is 4.74 Å². The molecule has 0 amide bonds. The van der Waals surface area contributed by atoms with E-state index in [0.29, 0.717) is 5.76 Å². The van der Waals surface area contributed by atoms with Gasteiger partial charge in [0.15, 0.2) is 5.60 Å². The molecule has 1 aliphatic heterocycles. The van der Waals surface area contributed by atoms with Crippen LogP contribution >= 0.6 is 0 Å². The summed E-state index contributed by atoms with van der Waals surface area (Å²) in [7, 11) is 0. The highest BCUT2D eigenvalue weighted by atomic mass is 16.5. The van der Waals surface area contributed by atoms with Gasteiger partial charge in [-0.05, 0) is 26.0 Å². The molecule has 0 aliphatic carbocycles. The van der Waals surface area contributed by atoms with Crippen molar-refractivity contribution in [3.63, 3.8) is 0 Å². The average molecular weight is 189 g/mol. The summed E-state index contributed by atoms with van der Waals surface area (Å²) in [4.78, 5) is 15.4. The highest BCUT2D eigenvalue weighted by molar-refractivity contribution is 6.04. The molecule has 3 nitrogen and oxygen atoms in total. The summed E-state index contributed by atoms with van der Waals surface area (Å²) < 4.78 is 5.52. The molecule has 0 saturated heterocycles. The molecule has 0 N–H and O–H groups in total. The van der Waals surface area contributed by atoms with E-state index in [1.165, 1.54) is 6.08 Å². The normalized spacial score (nSPS) is 19.0. The van der Waals surface area contributed by atoms with Crippen LogP contribution in [0.4, 0.5) is 0 Å². The van der Waals surface area contributed by atoms with Gasteiger partial charge in [-0.25, -0.2) is 0 Å². The van der Waals surface area contributed by atoms with E-state index in [9.17, 15) is 4.79 Å². The molecule has 14 heavy (non-hydrogen) atoms. The summed E-state index contributed by atoms with van der Waals surface area (Å²) in [6.07, 6.45) is 4.89. The Bertz CT molecular complexity index is 393. The van der Waals surface area contributed by atoms with E-state index in [0.717, 1.165) is 5.56 Å². The van der Waals surface area contributed by atoms with Gasteiger partial charge >= 0.3 is 0 Å². The van der Waals surface area contributed by atoms with Gasteiger partial charge in [-0.15, -0.1) is 0 Å². The van der Waals surface area contributed by atoms with Crippen LogP contribution in [0.15, 0.2) is 30.6 Å². The fraction of sp³-hybridized carbons (Fsp3) is 0.273. The maximum Gasteiger partial charge on any atom is 0.202 e.